The summed E-state index contributed by atoms with van der Waals surface area (Å²) in [4.78, 5) is 4.38. The van der Waals surface area contributed by atoms with Crippen LogP contribution in [0.25, 0.3) is 5.65 Å². The average Bonchev–Trinajstić information content (AvgIpc) is 2.61. The first-order chi connectivity index (χ1) is 7.52. The largest absolute Gasteiger partial charge is 0.347 e. The monoisotopic (exact) mass is 283 g/mol. The molecule has 6 heteroatoms. The van der Waals surface area contributed by atoms with Gasteiger partial charge in [0.2, 0.25) is 5.95 Å². The van der Waals surface area contributed by atoms with Gasteiger partial charge in [-0.1, -0.05) is 0 Å². The molecule has 0 amide bonds. The lowest BCUT2D eigenvalue weighted by atomic mass is 10.1. The van der Waals surface area contributed by atoms with E-state index in [-0.39, 0.29) is 5.54 Å². The van der Waals surface area contributed by atoms with Crippen LogP contribution in [-0.2, 0) is 0 Å². The number of halogens is 1. The molecule has 5 nitrogen and oxygen atoms in total. The van der Waals surface area contributed by atoms with E-state index in [1.807, 2.05) is 32.2 Å². The highest BCUT2D eigenvalue weighted by Gasteiger charge is 2.17. The predicted molar refractivity (Wildman–Crippen MR) is 67.4 cm³/mol. The molecule has 2 aromatic rings. The summed E-state index contributed by atoms with van der Waals surface area (Å²) >= 11 is 3.43. The van der Waals surface area contributed by atoms with E-state index in [0.29, 0.717) is 12.5 Å². The van der Waals surface area contributed by atoms with Gasteiger partial charge in [-0.05, 0) is 41.9 Å². The van der Waals surface area contributed by atoms with Crippen molar-refractivity contribution in [1.29, 1.82) is 0 Å². The minimum Gasteiger partial charge on any atom is -0.347 e. The Morgan fingerprint density at radius 3 is 2.94 bits per heavy atom. The Kier molecular flexibility index (Phi) is 2.86. The van der Waals surface area contributed by atoms with Gasteiger partial charge in [0.15, 0.2) is 5.65 Å². The number of aromatic nitrogens is 3. The number of nitrogens with zero attached hydrogens (tertiary/aromatic N) is 3. The van der Waals surface area contributed by atoms with Gasteiger partial charge in [0.05, 0.1) is 4.47 Å². The fraction of sp³-hybridized carbons (Fsp3) is 0.400. The molecule has 0 aliphatic rings. The van der Waals surface area contributed by atoms with Crippen LogP contribution in [0.15, 0.2) is 22.8 Å². The first-order valence-electron chi connectivity index (χ1n) is 5.01. The van der Waals surface area contributed by atoms with Gasteiger partial charge in [0, 0.05) is 18.3 Å². The van der Waals surface area contributed by atoms with Crippen LogP contribution in [0, 0.1) is 0 Å². The van der Waals surface area contributed by atoms with Gasteiger partial charge in [0.25, 0.3) is 0 Å². The molecule has 3 N–H and O–H groups in total. The Labute approximate surface area is 102 Å². The number of rotatable bonds is 3. The minimum atomic E-state index is -0.211. The Bertz CT molecular complexity index is 505. The molecule has 0 aromatic carbocycles. The maximum atomic E-state index is 5.64. The van der Waals surface area contributed by atoms with E-state index in [9.17, 15) is 0 Å². The lowest BCUT2D eigenvalue weighted by Gasteiger charge is -2.22. The maximum absolute atomic E-state index is 5.64. The molecule has 0 radical (unpaired) electrons. The van der Waals surface area contributed by atoms with Gasteiger partial charge in [-0.3, -0.25) is 0 Å². The van der Waals surface area contributed by atoms with E-state index in [4.69, 9.17) is 5.73 Å². The summed E-state index contributed by atoms with van der Waals surface area (Å²) in [6, 6.07) is 3.84. The van der Waals surface area contributed by atoms with Crippen LogP contribution >= 0.6 is 15.9 Å². The molecule has 0 saturated heterocycles. The number of nitrogens with two attached hydrogens (primary N) is 1. The fourth-order valence-corrected chi connectivity index (χ4v) is 1.70. The summed E-state index contributed by atoms with van der Waals surface area (Å²) in [5.74, 6) is 0.586. The second-order valence-corrected chi connectivity index (χ2v) is 5.13. The number of anilines is 1. The fourth-order valence-electron chi connectivity index (χ4n) is 1.28. The number of hydrogen-bond donors (Lipinski definition) is 2. The Morgan fingerprint density at radius 2 is 2.31 bits per heavy atom. The topological polar surface area (TPSA) is 68.2 Å². The van der Waals surface area contributed by atoms with Crippen LogP contribution < -0.4 is 11.1 Å². The van der Waals surface area contributed by atoms with Crippen molar-refractivity contribution < 1.29 is 0 Å². The minimum absolute atomic E-state index is 0.211. The van der Waals surface area contributed by atoms with Gasteiger partial charge in [0.1, 0.15) is 0 Å². The van der Waals surface area contributed by atoms with Crippen molar-refractivity contribution in [2.24, 2.45) is 5.73 Å². The second kappa shape index (κ2) is 4.03. The molecule has 0 bridgehead atoms. The van der Waals surface area contributed by atoms with Crippen LogP contribution in [0.5, 0.6) is 0 Å². The van der Waals surface area contributed by atoms with Gasteiger partial charge >= 0.3 is 0 Å². The van der Waals surface area contributed by atoms with Crippen LogP contribution in [0.4, 0.5) is 5.95 Å². The van der Waals surface area contributed by atoms with Crippen LogP contribution in [0.1, 0.15) is 13.8 Å². The van der Waals surface area contributed by atoms with Gasteiger partial charge in [-0.2, -0.15) is 4.98 Å². The van der Waals surface area contributed by atoms with Crippen molar-refractivity contribution in [2.45, 2.75) is 19.4 Å². The van der Waals surface area contributed by atoms with E-state index in [2.05, 4.69) is 31.3 Å². The molecule has 0 saturated carbocycles. The smallest absolute Gasteiger partial charge is 0.243 e. The van der Waals surface area contributed by atoms with E-state index in [0.717, 1.165) is 10.1 Å². The standard InChI is InChI=1S/C10H14BrN5/c1-10(2,6-12)14-9-13-8-7(11)4-3-5-16(8)15-9/h3-5H,6,12H2,1-2H3,(H,14,15). The summed E-state index contributed by atoms with van der Waals surface area (Å²) < 4.78 is 2.64. The lowest BCUT2D eigenvalue weighted by Crippen LogP contribution is -2.39. The van der Waals surface area contributed by atoms with Crippen molar-refractivity contribution in [3.8, 4) is 0 Å². The lowest BCUT2D eigenvalue weighted by molar-refractivity contribution is 0.574. The summed E-state index contributed by atoms with van der Waals surface area (Å²) in [5, 5.41) is 7.51. The molecule has 16 heavy (non-hydrogen) atoms. The van der Waals surface area contributed by atoms with E-state index >= 15 is 0 Å². The van der Waals surface area contributed by atoms with Gasteiger partial charge in [-0.25, -0.2) is 4.52 Å². The third kappa shape index (κ3) is 2.17. The zero-order valence-electron chi connectivity index (χ0n) is 9.24. The molecule has 0 fully saturated rings. The quantitative estimate of drug-likeness (QED) is 0.899. The third-order valence-electron chi connectivity index (χ3n) is 2.28. The number of hydrogen-bond acceptors (Lipinski definition) is 4. The number of fused-ring (bicyclic) bond motifs is 1. The van der Waals surface area contributed by atoms with Crippen molar-refractivity contribution in [1.82, 2.24) is 14.6 Å². The van der Waals surface area contributed by atoms with Crippen molar-refractivity contribution in [3.63, 3.8) is 0 Å². The van der Waals surface area contributed by atoms with Crippen molar-refractivity contribution >= 4 is 27.5 Å². The molecule has 2 rings (SSSR count). The molecular weight excluding hydrogens is 270 g/mol. The summed E-state index contributed by atoms with van der Waals surface area (Å²) in [7, 11) is 0. The molecular formula is C10H14BrN5. The van der Waals surface area contributed by atoms with Crippen molar-refractivity contribution in [2.75, 3.05) is 11.9 Å². The number of pyridine rings is 1. The van der Waals surface area contributed by atoms with Gasteiger partial charge in [-0.15, -0.1) is 5.10 Å². The summed E-state index contributed by atoms with van der Waals surface area (Å²) in [6.45, 7) is 4.53. The number of nitrogens with one attached hydrogen (secondary N) is 1. The van der Waals surface area contributed by atoms with Crippen LogP contribution in [0.2, 0.25) is 0 Å². The molecule has 0 aliphatic heterocycles. The highest BCUT2D eigenvalue weighted by molar-refractivity contribution is 9.10. The molecule has 2 aromatic heterocycles. The Hall–Kier alpha value is -1.14. The van der Waals surface area contributed by atoms with E-state index in [1.54, 1.807) is 4.52 Å². The Balaban J connectivity index is 2.37. The first kappa shape index (κ1) is 11.3. The molecule has 0 unspecified atom stereocenters. The second-order valence-electron chi connectivity index (χ2n) is 4.27. The van der Waals surface area contributed by atoms with E-state index < -0.39 is 0 Å². The zero-order valence-corrected chi connectivity index (χ0v) is 10.8. The molecule has 0 spiro atoms. The van der Waals surface area contributed by atoms with Crippen LogP contribution in [-0.4, -0.2) is 26.7 Å². The molecule has 0 aliphatic carbocycles. The summed E-state index contributed by atoms with van der Waals surface area (Å²) in [6.07, 6.45) is 1.85. The molecule has 0 atom stereocenters. The molecule has 86 valence electrons. The maximum Gasteiger partial charge on any atom is 0.243 e. The van der Waals surface area contributed by atoms with Gasteiger partial charge < -0.3 is 11.1 Å². The third-order valence-corrected chi connectivity index (χ3v) is 2.89. The predicted octanol–water partition coefficient (Wildman–Crippen LogP) is 1.64. The Morgan fingerprint density at radius 1 is 1.56 bits per heavy atom. The van der Waals surface area contributed by atoms with Crippen molar-refractivity contribution in [3.05, 3.63) is 22.8 Å². The highest BCUT2D eigenvalue weighted by Crippen LogP contribution is 2.18. The highest BCUT2D eigenvalue weighted by atomic mass is 79.9. The molecule has 2 heterocycles. The average molecular weight is 284 g/mol. The van der Waals surface area contributed by atoms with E-state index in [1.165, 1.54) is 0 Å². The SMILES string of the molecule is CC(C)(CN)Nc1nc2c(Br)cccn2n1. The zero-order chi connectivity index (χ0) is 11.8. The van der Waals surface area contributed by atoms with Crippen LogP contribution in [0.3, 0.4) is 0 Å². The normalized spacial score (nSPS) is 12.0. The summed E-state index contributed by atoms with van der Waals surface area (Å²) in [5.41, 5.74) is 6.22. The first-order valence-corrected chi connectivity index (χ1v) is 5.80.